The molecule has 3 heteroatoms. The molecule has 0 radical (unpaired) electrons. The zero-order chi connectivity index (χ0) is 15.0. The van der Waals surface area contributed by atoms with Crippen molar-refractivity contribution in [2.45, 2.75) is 33.6 Å². The van der Waals surface area contributed by atoms with Crippen molar-refractivity contribution in [2.24, 2.45) is 17.6 Å². The number of rotatable bonds is 8. The smallest absolute Gasteiger partial charge is 0.227 e. The first-order valence-corrected chi connectivity index (χ1v) is 7.65. The summed E-state index contributed by atoms with van der Waals surface area (Å²) in [6.07, 6.45) is 1.82. The Balaban J connectivity index is 2.69. The Bertz CT molecular complexity index is 391. The third-order valence-electron chi connectivity index (χ3n) is 3.88. The van der Waals surface area contributed by atoms with Gasteiger partial charge in [-0.2, -0.15) is 0 Å². The zero-order valence-corrected chi connectivity index (χ0v) is 13.0. The molecule has 20 heavy (non-hydrogen) atoms. The van der Waals surface area contributed by atoms with E-state index < -0.39 is 0 Å². The van der Waals surface area contributed by atoms with E-state index in [1.165, 1.54) is 5.56 Å². The molecule has 0 aliphatic heterocycles. The first kappa shape index (κ1) is 16.7. The number of hydrogen-bond donors (Lipinski definition) is 1. The minimum atomic E-state index is -0.110. The molecule has 0 aliphatic carbocycles. The van der Waals surface area contributed by atoms with E-state index >= 15 is 0 Å². The maximum absolute atomic E-state index is 12.6. The van der Waals surface area contributed by atoms with E-state index in [0.29, 0.717) is 12.5 Å². The quantitative estimate of drug-likeness (QED) is 0.793. The van der Waals surface area contributed by atoms with Gasteiger partial charge in [-0.15, -0.1) is 0 Å². The molecule has 3 nitrogen and oxygen atoms in total. The van der Waals surface area contributed by atoms with Gasteiger partial charge in [0.25, 0.3) is 0 Å². The second-order valence-corrected chi connectivity index (χ2v) is 5.51. The minimum Gasteiger partial charge on any atom is -0.342 e. The second kappa shape index (κ2) is 8.75. The van der Waals surface area contributed by atoms with E-state index in [1.807, 2.05) is 30.0 Å². The largest absolute Gasteiger partial charge is 0.342 e. The van der Waals surface area contributed by atoms with Gasteiger partial charge < -0.3 is 10.6 Å². The van der Waals surface area contributed by atoms with Crippen molar-refractivity contribution in [2.75, 3.05) is 19.6 Å². The van der Waals surface area contributed by atoms with Crippen LogP contribution in [0.5, 0.6) is 0 Å². The lowest BCUT2D eigenvalue weighted by Crippen LogP contribution is -2.42. The molecule has 0 aliphatic rings. The van der Waals surface area contributed by atoms with Gasteiger partial charge in [0, 0.05) is 19.6 Å². The van der Waals surface area contributed by atoms with Crippen molar-refractivity contribution >= 4 is 5.91 Å². The standard InChI is InChI=1S/C17H28N2O/c1-4-14(3)13-19(5-2)17(20)16(12-18)11-15-9-7-6-8-10-15/h6-10,14,16H,4-5,11-13,18H2,1-3H3. The molecule has 0 heterocycles. The Morgan fingerprint density at radius 3 is 2.40 bits per heavy atom. The number of carbonyl (C=O) groups excluding carboxylic acids is 1. The highest BCUT2D eigenvalue weighted by Gasteiger charge is 2.23. The topological polar surface area (TPSA) is 46.3 Å². The molecule has 0 saturated heterocycles. The third-order valence-corrected chi connectivity index (χ3v) is 3.88. The first-order valence-electron chi connectivity index (χ1n) is 7.65. The predicted octanol–water partition coefficient (Wildman–Crippen LogP) is 2.70. The van der Waals surface area contributed by atoms with Gasteiger partial charge in [0.2, 0.25) is 5.91 Å². The summed E-state index contributed by atoms with van der Waals surface area (Å²) in [4.78, 5) is 14.6. The Morgan fingerprint density at radius 1 is 1.25 bits per heavy atom. The summed E-state index contributed by atoms with van der Waals surface area (Å²) in [5, 5.41) is 0. The average molecular weight is 276 g/mol. The molecule has 2 N–H and O–H groups in total. The summed E-state index contributed by atoms with van der Waals surface area (Å²) in [6, 6.07) is 10.1. The summed E-state index contributed by atoms with van der Waals surface area (Å²) in [5.41, 5.74) is 7.01. The number of nitrogens with zero attached hydrogens (tertiary/aromatic N) is 1. The van der Waals surface area contributed by atoms with Gasteiger partial charge in [-0.1, -0.05) is 50.6 Å². The van der Waals surface area contributed by atoms with E-state index in [1.54, 1.807) is 0 Å². The van der Waals surface area contributed by atoms with Crippen LogP contribution in [-0.2, 0) is 11.2 Å². The Kier molecular flexibility index (Phi) is 7.31. The molecule has 112 valence electrons. The van der Waals surface area contributed by atoms with Gasteiger partial charge in [0.15, 0.2) is 0 Å². The number of benzene rings is 1. The SMILES string of the molecule is CCC(C)CN(CC)C(=O)C(CN)Cc1ccccc1. The summed E-state index contributed by atoms with van der Waals surface area (Å²) in [7, 11) is 0. The van der Waals surface area contributed by atoms with E-state index in [4.69, 9.17) is 5.73 Å². The predicted molar refractivity (Wildman–Crippen MR) is 84.4 cm³/mol. The Hall–Kier alpha value is -1.35. The fourth-order valence-electron chi connectivity index (χ4n) is 2.31. The van der Waals surface area contributed by atoms with E-state index in [-0.39, 0.29) is 11.8 Å². The van der Waals surface area contributed by atoms with Gasteiger partial charge in [-0.3, -0.25) is 4.79 Å². The molecule has 0 fully saturated rings. The normalized spacial score (nSPS) is 13.8. The fraction of sp³-hybridized carbons (Fsp3) is 0.588. The summed E-state index contributed by atoms with van der Waals surface area (Å²) >= 11 is 0. The molecular formula is C17H28N2O. The zero-order valence-electron chi connectivity index (χ0n) is 13.0. The average Bonchev–Trinajstić information content (AvgIpc) is 2.50. The molecule has 1 aromatic carbocycles. The molecule has 1 aromatic rings. The van der Waals surface area contributed by atoms with Crippen molar-refractivity contribution in [1.29, 1.82) is 0 Å². The highest BCUT2D eigenvalue weighted by atomic mass is 16.2. The lowest BCUT2D eigenvalue weighted by atomic mass is 9.97. The van der Waals surface area contributed by atoms with Crippen molar-refractivity contribution in [3.8, 4) is 0 Å². The molecular weight excluding hydrogens is 248 g/mol. The monoisotopic (exact) mass is 276 g/mol. The third kappa shape index (κ3) is 4.97. The van der Waals surface area contributed by atoms with Crippen LogP contribution in [0.1, 0.15) is 32.8 Å². The number of amides is 1. The summed E-state index contributed by atoms with van der Waals surface area (Å²) in [5.74, 6) is 0.620. The Morgan fingerprint density at radius 2 is 1.90 bits per heavy atom. The number of nitrogens with two attached hydrogens (primary N) is 1. The van der Waals surface area contributed by atoms with Gasteiger partial charge in [-0.05, 0) is 24.8 Å². The van der Waals surface area contributed by atoms with Gasteiger partial charge in [0.1, 0.15) is 0 Å². The van der Waals surface area contributed by atoms with Crippen LogP contribution in [0.15, 0.2) is 30.3 Å². The Labute approximate surface area is 123 Å². The number of hydrogen-bond acceptors (Lipinski definition) is 2. The second-order valence-electron chi connectivity index (χ2n) is 5.51. The van der Waals surface area contributed by atoms with Crippen LogP contribution in [0.2, 0.25) is 0 Å². The molecule has 1 rings (SSSR count). The highest BCUT2D eigenvalue weighted by Crippen LogP contribution is 2.13. The van der Waals surface area contributed by atoms with Crippen LogP contribution in [0.4, 0.5) is 0 Å². The molecule has 0 spiro atoms. The highest BCUT2D eigenvalue weighted by molar-refractivity contribution is 5.79. The minimum absolute atomic E-state index is 0.110. The van der Waals surface area contributed by atoms with Crippen molar-refractivity contribution < 1.29 is 4.79 Å². The van der Waals surface area contributed by atoms with Crippen LogP contribution in [0.25, 0.3) is 0 Å². The summed E-state index contributed by atoms with van der Waals surface area (Å²) < 4.78 is 0. The maximum atomic E-state index is 12.6. The molecule has 2 unspecified atom stereocenters. The molecule has 0 saturated carbocycles. The summed E-state index contributed by atoms with van der Waals surface area (Å²) in [6.45, 7) is 8.38. The van der Waals surface area contributed by atoms with Crippen LogP contribution in [0, 0.1) is 11.8 Å². The van der Waals surface area contributed by atoms with E-state index in [2.05, 4.69) is 26.0 Å². The van der Waals surface area contributed by atoms with Gasteiger partial charge >= 0.3 is 0 Å². The molecule has 2 atom stereocenters. The molecule has 0 aromatic heterocycles. The fourth-order valence-corrected chi connectivity index (χ4v) is 2.31. The van der Waals surface area contributed by atoms with Crippen LogP contribution in [-0.4, -0.2) is 30.4 Å². The van der Waals surface area contributed by atoms with Gasteiger partial charge in [-0.25, -0.2) is 0 Å². The van der Waals surface area contributed by atoms with Crippen LogP contribution in [0.3, 0.4) is 0 Å². The van der Waals surface area contributed by atoms with Crippen molar-refractivity contribution in [3.63, 3.8) is 0 Å². The van der Waals surface area contributed by atoms with Crippen molar-refractivity contribution in [1.82, 2.24) is 4.90 Å². The molecule has 1 amide bonds. The van der Waals surface area contributed by atoms with Crippen molar-refractivity contribution in [3.05, 3.63) is 35.9 Å². The van der Waals surface area contributed by atoms with Gasteiger partial charge in [0.05, 0.1) is 5.92 Å². The number of carbonyl (C=O) groups is 1. The lowest BCUT2D eigenvalue weighted by molar-refractivity contribution is -0.135. The van der Waals surface area contributed by atoms with E-state index in [0.717, 1.165) is 25.9 Å². The van der Waals surface area contributed by atoms with E-state index in [9.17, 15) is 4.79 Å². The molecule has 0 bridgehead atoms. The maximum Gasteiger partial charge on any atom is 0.227 e. The first-order chi connectivity index (χ1) is 9.62. The lowest BCUT2D eigenvalue weighted by Gasteiger charge is -2.28. The van der Waals surface area contributed by atoms with Crippen LogP contribution < -0.4 is 5.73 Å². The van der Waals surface area contributed by atoms with Crippen LogP contribution >= 0.6 is 0 Å².